The van der Waals surface area contributed by atoms with E-state index in [4.69, 9.17) is 5.11 Å². The fraction of sp³-hybridized carbons (Fsp3) is 0.600. The minimum atomic E-state index is -0.968. The first-order valence-electron chi connectivity index (χ1n) is 2.84. The van der Waals surface area contributed by atoms with Crippen molar-refractivity contribution in [1.82, 2.24) is 0 Å². The second-order valence-electron chi connectivity index (χ2n) is 1.41. The van der Waals surface area contributed by atoms with Crippen LogP contribution in [0.1, 0.15) is 13.3 Å². The molecule has 0 aromatic heterocycles. The first kappa shape index (κ1) is 13.4. The Morgan fingerprint density at radius 2 is 2.00 bits per heavy atom. The standard InChI is InChI=1S/C3H6OS2.C2H5NO2/c1-2-3(4)6-5;3-1-2(4)5/h5H,2H2,1H3;1,3H2,(H,4,5). The van der Waals surface area contributed by atoms with Crippen molar-refractivity contribution in [2.45, 2.75) is 13.3 Å². The van der Waals surface area contributed by atoms with Gasteiger partial charge in [-0.15, -0.1) is 11.7 Å². The van der Waals surface area contributed by atoms with Gasteiger partial charge in [0.2, 0.25) is 0 Å². The number of carboxylic acids is 1. The highest BCUT2D eigenvalue weighted by molar-refractivity contribution is 8.74. The molecule has 4 nitrogen and oxygen atoms in total. The summed E-state index contributed by atoms with van der Waals surface area (Å²) in [6.07, 6.45) is 0.578. The van der Waals surface area contributed by atoms with E-state index in [1.54, 1.807) is 0 Å². The van der Waals surface area contributed by atoms with E-state index < -0.39 is 5.97 Å². The molecule has 0 fully saturated rings. The van der Waals surface area contributed by atoms with Crippen LogP contribution in [0.25, 0.3) is 0 Å². The molecule has 6 heteroatoms. The molecule has 0 saturated carbocycles. The number of hydrogen-bond acceptors (Lipinski definition) is 5. The zero-order valence-electron chi connectivity index (χ0n) is 6.11. The smallest absolute Gasteiger partial charge is 0.317 e. The van der Waals surface area contributed by atoms with E-state index in [0.29, 0.717) is 6.42 Å². The van der Waals surface area contributed by atoms with Crippen molar-refractivity contribution in [3.63, 3.8) is 0 Å². The van der Waals surface area contributed by atoms with Crippen LogP contribution in [0.15, 0.2) is 0 Å². The molecule has 3 N–H and O–H groups in total. The molecule has 0 atom stereocenters. The highest BCUT2D eigenvalue weighted by Gasteiger charge is 1.88. The molecule has 0 amide bonds. The SMILES string of the molecule is CCC(=O)SS.NCC(=O)O. The Balaban J connectivity index is 0. The summed E-state index contributed by atoms with van der Waals surface area (Å²) in [4.78, 5) is 19.3. The Labute approximate surface area is 74.3 Å². The normalized spacial score (nSPS) is 7.91. The highest BCUT2D eigenvalue weighted by Crippen LogP contribution is 2.07. The Hall–Kier alpha value is -0.200. The second kappa shape index (κ2) is 9.80. The summed E-state index contributed by atoms with van der Waals surface area (Å²) >= 11 is 3.66. The molecule has 66 valence electrons. The number of aliphatic carboxylic acids is 1. The van der Waals surface area contributed by atoms with E-state index in [1.807, 2.05) is 6.92 Å². The number of hydrogen-bond donors (Lipinski definition) is 3. The number of nitrogens with two attached hydrogens (primary N) is 1. The van der Waals surface area contributed by atoms with Crippen LogP contribution in [0, 0.1) is 0 Å². The molecule has 0 saturated heterocycles. The fourth-order valence-corrected chi connectivity index (χ4v) is 0.581. The van der Waals surface area contributed by atoms with Crippen LogP contribution in [0.3, 0.4) is 0 Å². The maximum absolute atomic E-state index is 10.1. The lowest BCUT2D eigenvalue weighted by Gasteiger charge is -1.79. The zero-order valence-corrected chi connectivity index (χ0v) is 7.82. The molecule has 11 heavy (non-hydrogen) atoms. The van der Waals surface area contributed by atoms with Crippen LogP contribution in [0.4, 0.5) is 0 Å². The molecule has 0 aliphatic carbocycles. The average molecular weight is 197 g/mol. The van der Waals surface area contributed by atoms with Gasteiger partial charge in [0, 0.05) is 6.42 Å². The summed E-state index contributed by atoms with van der Waals surface area (Å²) in [7, 11) is 0.980. The Morgan fingerprint density at radius 1 is 1.64 bits per heavy atom. The van der Waals surface area contributed by atoms with E-state index in [-0.39, 0.29) is 11.7 Å². The monoisotopic (exact) mass is 197 g/mol. The quantitative estimate of drug-likeness (QED) is 0.444. The first-order valence-corrected chi connectivity index (χ1v) is 4.71. The lowest BCUT2D eigenvalue weighted by atomic mass is 10.6. The van der Waals surface area contributed by atoms with Crippen molar-refractivity contribution in [3.05, 3.63) is 0 Å². The van der Waals surface area contributed by atoms with Gasteiger partial charge >= 0.3 is 5.97 Å². The Bertz CT molecular complexity index is 123. The molecular formula is C5H11NO3S2. The van der Waals surface area contributed by atoms with Gasteiger partial charge in [-0.2, -0.15) is 0 Å². The molecule has 0 spiro atoms. The maximum Gasteiger partial charge on any atom is 0.317 e. The van der Waals surface area contributed by atoms with E-state index in [1.165, 1.54) is 0 Å². The van der Waals surface area contributed by atoms with Crippen molar-refractivity contribution >= 4 is 33.5 Å². The molecular weight excluding hydrogens is 186 g/mol. The van der Waals surface area contributed by atoms with Gasteiger partial charge in [-0.3, -0.25) is 9.59 Å². The number of rotatable bonds is 2. The van der Waals surface area contributed by atoms with Crippen LogP contribution in [0.5, 0.6) is 0 Å². The predicted molar refractivity (Wildman–Crippen MR) is 48.6 cm³/mol. The molecule has 0 radical (unpaired) electrons. The number of thiol groups is 1. The minimum Gasteiger partial charge on any atom is -0.480 e. The molecule has 0 unspecified atom stereocenters. The summed E-state index contributed by atoms with van der Waals surface area (Å²) in [5.41, 5.74) is 4.57. The minimum absolute atomic E-state index is 0.123. The summed E-state index contributed by atoms with van der Waals surface area (Å²) in [6, 6.07) is 0. The number of carboxylic acid groups (broad SMARTS) is 1. The van der Waals surface area contributed by atoms with Gasteiger partial charge in [-0.25, -0.2) is 0 Å². The third-order valence-electron chi connectivity index (χ3n) is 0.565. The Morgan fingerprint density at radius 3 is 2.00 bits per heavy atom. The van der Waals surface area contributed by atoms with Crippen molar-refractivity contribution in [3.8, 4) is 0 Å². The van der Waals surface area contributed by atoms with Gasteiger partial charge in [0.05, 0.1) is 6.54 Å². The van der Waals surface area contributed by atoms with Gasteiger partial charge < -0.3 is 10.8 Å². The number of carbonyl (C=O) groups excluding carboxylic acids is 1. The lowest BCUT2D eigenvalue weighted by molar-refractivity contribution is -0.135. The van der Waals surface area contributed by atoms with Crippen LogP contribution in [-0.4, -0.2) is 22.7 Å². The third kappa shape index (κ3) is 17.7. The molecule has 0 aromatic rings. The van der Waals surface area contributed by atoms with Gasteiger partial charge in [0.1, 0.15) is 0 Å². The summed E-state index contributed by atoms with van der Waals surface area (Å²) < 4.78 is 0. The van der Waals surface area contributed by atoms with Crippen molar-refractivity contribution in [2.75, 3.05) is 6.54 Å². The molecule has 0 bridgehead atoms. The average Bonchev–Trinajstić information content (AvgIpc) is 2.04. The van der Waals surface area contributed by atoms with Crippen molar-refractivity contribution < 1.29 is 14.7 Å². The molecule has 0 heterocycles. The second-order valence-corrected chi connectivity index (χ2v) is 2.60. The Kier molecular flexibility index (Phi) is 11.9. The van der Waals surface area contributed by atoms with Gasteiger partial charge in [0.15, 0.2) is 5.12 Å². The first-order chi connectivity index (χ1) is 5.08. The summed E-state index contributed by atoms with van der Waals surface area (Å²) in [5.74, 6) is -0.968. The molecule has 0 aromatic carbocycles. The van der Waals surface area contributed by atoms with Crippen molar-refractivity contribution in [1.29, 1.82) is 0 Å². The highest BCUT2D eigenvalue weighted by atomic mass is 33.1. The summed E-state index contributed by atoms with van der Waals surface area (Å²) in [6.45, 7) is 1.53. The largest absolute Gasteiger partial charge is 0.480 e. The zero-order chi connectivity index (χ0) is 9.28. The predicted octanol–water partition coefficient (Wildman–Crippen LogP) is 0.531. The maximum atomic E-state index is 10.1. The molecule has 0 aliphatic rings. The van der Waals surface area contributed by atoms with E-state index >= 15 is 0 Å². The van der Waals surface area contributed by atoms with Gasteiger partial charge in [-0.1, -0.05) is 6.92 Å². The topological polar surface area (TPSA) is 80.4 Å². The van der Waals surface area contributed by atoms with E-state index in [2.05, 4.69) is 17.4 Å². The van der Waals surface area contributed by atoms with Crippen LogP contribution in [0.2, 0.25) is 0 Å². The van der Waals surface area contributed by atoms with Crippen LogP contribution >= 0.6 is 22.5 Å². The van der Waals surface area contributed by atoms with Crippen LogP contribution < -0.4 is 5.73 Å². The number of carbonyl (C=O) groups is 2. The van der Waals surface area contributed by atoms with Crippen LogP contribution in [-0.2, 0) is 9.59 Å². The fourth-order valence-electron chi connectivity index (χ4n) is 0.0645. The van der Waals surface area contributed by atoms with Gasteiger partial charge in [0.25, 0.3) is 0 Å². The van der Waals surface area contributed by atoms with Crippen molar-refractivity contribution in [2.24, 2.45) is 5.73 Å². The third-order valence-corrected chi connectivity index (χ3v) is 1.67. The lowest BCUT2D eigenvalue weighted by Crippen LogP contribution is -2.10. The molecule has 0 aliphatic heterocycles. The van der Waals surface area contributed by atoms with E-state index in [9.17, 15) is 9.59 Å². The van der Waals surface area contributed by atoms with Gasteiger partial charge in [-0.05, 0) is 10.8 Å². The summed E-state index contributed by atoms with van der Waals surface area (Å²) in [5, 5.41) is 7.72. The van der Waals surface area contributed by atoms with E-state index in [0.717, 1.165) is 10.8 Å². The molecule has 0 rings (SSSR count).